The Bertz CT molecular complexity index is 1250. The normalized spacial score (nSPS) is 15.0. The van der Waals surface area contributed by atoms with Crippen molar-refractivity contribution in [2.24, 2.45) is 12.8 Å². The number of piperidine rings is 1. The van der Waals surface area contributed by atoms with Gasteiger partial charge in [-0.1, -0.05) is 12.1 Å². The van der Waals surface area contributed by atoms with Crippen LogP contribution in [0.2, 0.25) is 0 Å². The van der Waals surface area contributed by atoms with Crippen LogP contribution in [0.3, 0.4) is 0 Å². The lowest BCUT2D eigenvalue weighted by atomic mass is 10.0. The highest BCUT2D eigenvalue weighted by atomic mass is 19.4. The molecule has 0 bridgehead atoms. The van der Waals surface area contributed by atoms with Crippen molar-refractivity contribution in [2.75, 3.05) is 18.0 Å². The zero-order valence-corrected chi connectivity index (χ0v) is 17.9. The first-order valence-corrected chi connectivity index (χ1v) is 10.4. The van der Waals surface area contributed by atoms with Gasteiger partial charge in [0.25, 0.3) is 5.56 Å². The predicted octanol–water partition coefficient (Wildman–Crippen LogP) is 2.67. The van der Waals surface area contributed by atoms with Gasteiger partial charge < -0.3 is 10.6 Å². The Morgan fingerprint density at radius 3 is 2.45 bits per heavy atom. The predicted molar refractivity (Wildman–Crippen MR) is 116 cm³/mol. The van der Waals surface area contributed by atoms with Gasteiger partial charge in [-0.2, -0.15) is 23.5 Å². The van der Waals surface area contributed by atoms with Gasteiger partial charge in [0.15, 0.2) is 0 Å². The molecule has 0 atom stereocenters. The van der Waals surface area contributed by atoms with Crippen LogP contribution in [-0.4, -0.2) is 44.6 Å². The highest BCUT2D eigenvalue weighted by Crippen LogP contribution is 2.31. The molecule has 172 valence electrons. The van der Waals surface area contributed by atoms with Gasteiger partial charge in [0.2, 0.25) is 5.95 Å². The average molecular weight is 457 g/mol. The molecule has 1 aliphatic heterocycles. The standard InChI is InChI=1S/C22H22F3N7O/c1-30-20(33)18(16-11-28-32(12-16)13-22(23,24)25)19(15-4-2-14(10-26)3-5-15)29-21(30)31-8-6-17(27)7-9-31/h2-5,11-12,17H,6-9,13,27H2,1H3. The van der Waals surface area contributed by atoms with Crippen LogP contribution in [0.15, 0.2) is 41.5 Å². The summed E-state index contributed by atoms with van der Waals surface area (Å²) in [7, 11) is 1.59. The Balaban J connectivity index is 1.87. The number of nitrogens with two attached hydrogens (primary N) is 1. The van der Waals surface area contributed by atoms with Gasteiger partial charge in [-0.25, -0.2) is 4.98 Å². The van der Waals surface area contributed by atoms with E-state index in [0.717, 1.165) is 17.5 Å². The van der Waals surface area contributed by atoms with Crippen molar-refractivity contribution in [3.05, 3.63) is 52.6 Å². The molecular weight excluding hydrogens is 435 g/mol. The molecule has 1 aliphatic rings. The maximum atomic E-state index is 13.5. The monoisotopic (exact) mass is 457 g/mol. The van der Waals surface area contributed by atoms with Crippen LogP contribution in [-0.2, 0) is 13.6 Å². The summed E-state index contributed by atoms with van der Waals surface area (Å²) in [6.45, 7) is 0.00724. The summed E-state index contributed by atoms with van der Waals surface area (Å²) in [5, 5.41) is 12.9. The maximum absolute atomic E-state index is 13.5. The number of halogens is 3. The van der Waals surface area contributed by atoms with E-state index in [2.05, 4.69) is 5.10 Å². The summed E-state index contributed by atoms with van der Waals surface area (Å²) in [4.78, 5) is 20.2. The van der Waals surface area contributed by atoms with Crippen LogP contribution in [0.4, 0.5) is 19.1 Å². The van der Waals surface area contributed by atoms with Gasteiger partial charge in [0.1, 0.15) is 6.54 Å². The first-order chi connectivity index (χ1) is 15.7. The minimum Gasteiger partial charge on any atom is -0.342 e. The second-order valence-electron chi connectivity index (χ2n) is 8.05. The van der Waals surface area contributed by atoms with E-state index in [9.17, 15) is 18.0 Å². The number of alkyl halides is 3. The summed E-state index contributed by atoms with van der Waals surface area (Å²) in [5.41, 5.74) is 7.31. The number of benzene rings is 1. The van der Waals surface area contributed by atoms with Gasteiger partial charge in [-0.3, -0.25) is 14.0 Å². The highest BCUT2D eigenvalue weighted by Gasteiger charge is 2.29. The molecule has 8 nitrogen and oxygen atoms in total. The number of nitriles is 1. The first kappa shape index (κ1) is 22.5. The molecule has 0 aliphatic carbocycles. The molecule has 1 aromatic carbocycles. The molecule has 1 saturated heterocycles. The Kier molecular flexibility index (Phi) is 5.95. The van der Waals surface area contributed by atoms with E-state index in [1.165, 1.54) is 17.0 Å². The Morgan fingerprint density at radius 2 is 1.85 bits per heavy atom. The zero-order valence-electron chi connectivity index (χ0n) is 17.9. The third kappa shape index (κ3) is 4.75. The Hall–Kier alpha value is -3.65. The molecule has 3 aromatic rings. The number of anilines is 1. The van der Waals surface area contributed by atoms with Gasteiger partial charge in [0, 0.05) is 43.5 Å². The Morgan fingerprint density at radius 1 is 1.18 bits per heavy atom. The molecule has 2 N–H and O–H groups in total. The van der Waals surface area contributed by atoms with Crippen LogP contribution >= 0.6 is 0 Å². The molecule has 0 amide bonds. The van der Waals surface area contributed by atoms with Crippen LogP contribution in [0.5, 0.6) is 0 Å². The number of hydrogen-bond donors (Lipinski definition) is 1. The van der Waals surface area contributed by atoms with Crippen molar-refractivity contribution in [1.82, 2.24) is 19.3 Å². The molecule has 33 heavy (non-hydrogen) atoms. The second-order valence-corrected chi connectivity index (χ2v) is 8.05. The maximum Gasteiger partial charge on any atom is 0.408 e. The highest BCUT2D eigenvalue weighted by molar-refractivity contribution is 5.80. The van der Waals surface area contributed by atoms with Crippen LogP contribution in [0.1, 0.15) is 18.4 Å². The number of aromatic nitrogens is 4. The molecule has 2 aromatic heterocycles. The van der Waals surface area contributed by atoms with Gasteiger partial charge in [0.05, 0.1) is 29.1 Å². The molecular formula is C22H22F3N7O. The van der Waals surface area contributed by atoms with E-state index in [-0.39, 0.29) is 17.2 Å². The van der Waals surface area contributed by atoms with E-state index in [4.69, 9.17) is 16.0 Å². The molecule has 3 heterocycles. The zero-order chi connectivity index (χ0) is 23.8. The number of nitrogens with zero attached hydrogens (tertiary/aromatic N) is 6. The van der Waals surface area contributed by atoms with E-state index in [1.807, 2.05) is 11.0 Å². The minimum atomic E-state index is -4.44. The van der Waals surface area contributed by atoms with Crippen molar-refractivity contribution in [1.29, 1.82) is 5.26 Å². The molecule has 0 spiro atoms. The molecule has 0 unspecified atom stereocenters. The fraction of sp³-hybridized carbons (Fsp3) is 0.364. The lowest BCUT2D eigenvalue weighted by Gasteiger charge is -2.32. The molecule has 1 fully saturated rings. The van der Waals surface area contributed by atoms with Crippen LogP contribution in [0.25, 0.3) is 22.4 Å². The van der Waals surface area contributed by atoms with Gasteiger partial charge in [-0.15, -0.1) is 0 Å². The minimum absolute atomic E-state index is 0.0926. The van der Waals surface area contributed by atoms with Gasteiger partial charge >= 0.3 is 6.18 Å². The smallest absolute Gasteiger partial charge is 0.342 e. The summed E-state index contributed by atoms with van der Waals surface area (Å²) >= 11 is 0. The number of rotatable bonds is 4. The third-order valence-corrected chi connectivity index (χ3v) is 5.64. The van der Waals surface area contributed by atoms with Gasteiger partial charge in [-0.05, 0) is 25.0 Å². The largest absolute Gasteiger partial charge is 0.408 e. The lowest BCUT2D eigenvalue weighted by Crippen LogP contribution is -2.42. The number of hydrogen-bond acceptors (Lipinski definition) is 6. The summed E-state index contributed by atoms with van der Waals surface area (Å²) in [6.07, 6.45) is -0.501. The fourth-order valence-electron chi connectivity index (χ4n) is 3.91. The quantitative estimate of drug-likeness (QED) is 0.646. The molecule has 4 rings (SSSR count). The topological polar surface area (TPSA) is 106 Å². The van der Waals surface area contributed by atoms with Crippen molar-refractivity contribution in [3.8, 4) is 28.5 Å². The molecule has 11 heteroatoms. The van der Waals surface area contributed by atoms with Crippen LogP contribution in [0, 0.1) is 11.3 Å². The van der Waals surface area contributed by atoms with Crippen LogP contribution < -0.4 is 16.2 Å². The van der Waals surface area contributed by atoms with E-state index in [1.54, 1.807) is 31.3 Å². The Labute approximate surface area is 187 Å². The molecule has 0 saturated carbocycles. The summed E-state index contributed by atoms with van der Waals surface area (Å²) in [5.74, 6) is 0.456. The van der Waals surface area contributed by atoms with E-state index >= 15 is 0 Å². The van der Waals surface area contributed by atoms with Crippen molar-refractivity contribution >= 4 is 5.95 Å². The lowest BCUT2D eigenvalue weighted by molar-refractivity contribution is -0.142. The summed E-state index contributed by atoms with van der Waals surface area (Å²) in [6, 6.07) is 8.67. The van der Waals surface area contributed by atoms with E-state index < -0.39 is 18.3 Å². The fourth-order valence-corrected chi connectivity index (χ4v) is 3.91. The van der Waals surface area contributed by atoms with Crippen molar-refractivity contribution in [2.45, 2.75) is 31.6 Å². The first-order valence-electron chi connectivity index (χ1n) is 10.4. The SMILES string of the molecule is Cn1c(N2CCC(N)CC2)nc(-c2ccc(C#N)cc2)c(-c2cnn(CC(F)(F)F)c2)c1=O. The van der Waals surface area contributed by atoms with Crippen molar-refractivity contribution < 1.29 is 13.2 Å². The second kappa shape index (κ2) is 8.71. The molecule has 0 radical (unpaired) electrons. The third-order valence-electron chi connectivity index (χ3n) is 5.64. The average Bonchev–Trinajstić information content (AvgIpc) is 3.22. The van der Waals surface area contributed by atoms with E-state index in [0.29, 0.717) is 35.9 Å². The summed E-state index contributed by atoms with van der Waals surface area (Å²) < 4.78 is 40.6. The van der Waals surface area contributed by atoms with Crippen molar-refractivity contribution in [3.63, 3.8) is 0 Å².